The van der Waals surface area contributed by atoms with Gasteiger partial charge in [0.2, 0.25) is 0 Å². The van der Waals surface area contributed by atoms with Crippen molar-refractivity contribution in [3.63, 3.8) is 0 Å². The van der Waals surface area contributed by atoms with Gasteiger partial charge < -0.3 is 4.90 Å². The molecule has 25 heavy (non-hydrogen) atoms. The summed E-state index contributed by atoms with van der Waals surface area (Å²) in [4.78, 5) is 9.14. The van der Waals surface area contributed by atoms with Gasteiger partial charge in [0.1, 0.15) is 10.9 Å². The first-order valence-electron chi connectivity index (χ1n) is 8.87. The third-order valence-corrected chi connectivity index (χ3v) is 6.11. The highest BCUT2D eigenvalue weighted by atomic mass is 32.1. The normalized spacial score (nSPS) is 17.8. The quantitative estimate of drug-likeness (QED) is 0.676. The summed E-state index contributed by atoms with van der Waals surface area (Å²) in [6.45, 7) is 4.72. The Labute approximate surface area is 152 Å². The Morgan fingerprint density at radius 3 is 2.92 bits per heavy atom. The number of hydrogen-bond acceptors (Lipinski definition) is 4. The Hall–Kier alpha value is -2.22. The van der Waals surface area contributed by atoms with E-state index in [-0.39, 0.29) is 0 Å². The lowest BCUT2D eigenvalue weighted by atomic mass is 10.1. The molecular weight excluding hydrogens is 326 g/mol. The number of rotatable bonds is 4. The lowest BCUT2D eigenvalue weighted by molar-refractivity contribution is 0.272. The fourth-order valence-corrected chi connectivity index (χ4v) is 4.37. The van der Waals surface area contributed by atoms with E-state index in [0.717, 1.165) is 40.0 Å². The van der Waals surface area contributed by atoms with Crippen LogP contribution < -0.4 is 0 Å². The zero-order chi connectivity index (χ0) is 17.2. The third kappa shape index (κ3) is 3.44. The summed E-state index contributed by atoms with van der Waals surface area (Å²) in [7, 11) is 0. The highest BCUT2D eigenvalue weighted by molar-refractivity contribution is 7.15. The Morgan fingerprint density at radius 1 is 1.24 bits per heavy atom. The highest BCUT2D eigenvalue weighted by Gasteiger charge is 2.19. The van der Waals surface area contributed by atoms with Crippen LogP contribution in [0.1, 0.15) is 30.2 Å². The van der Waals surface area contributed by atoms with Gasteiger partial charge in [0.15, 0.2) is 0 Å². The summed E-state index contributed by atoms with van der Waals surface area (Å²) in [5.74, 6) is 0. The van der Waals surface area contributed by atoms with Gasteiger partial charge in [-0.1, -0.05) is 12.1 Å². The molecule has 3 aromatic rings. The number of hydrogen-bond donors (Lipinski definition) is 0. The van der Waals surface area contributed by atoms with E-state index in [9.17, 15) is 0 Å². The Balaban J connectivity index is 1.53. The molecule has 0 amide bonds. The molecule has 1 aliphatic rings. The second-order valence-corrected chi connectivity index (χ2v) is 7.86. The molecule has 3 nitrogen and oxygen atoms in total. The van der Waals surface area contributed by atoms with Crippen LogP contribution in [0.15, 0.2) is 42.5 Å². The summed E-state index contributed by atoms with van der Waals surface area (Å²) in [5, 5.41) is 10.2. The summed E-state index contributed by atoms with van der Waals surface area (Å²) in [5.41, 5.74) is 3.34. The van der Waals surface area contributed by atoms with Crippen molar-refractivity contribution in [2.75, 3.05) is 13.1 Å². The zero-order valence-electron chi connectivity index (χ0n) is 14.4. The molecule has 0 N–H and O–H groups in total. The second-order valence-electron chi connectivity index (χ2n) is 6.78. The summed E-state index contributed by atoms with van der Waals surface area (Å²) in [6, 6.07) is 17.5. The molecular formula is C21H21N3S. The Bertz CT molecular complexity index is 938. The number of thiophene rings is 1. The van der Waals surface area contributed by atoms with E-state index in [1.165, 1.54) is 41.7 Å². The van der Waals surface area contributed by atoms with Crippen molar-refractivity contribution in [1.82, 2.24) is 9.88 Å². The van der Waals surface area contributed by atoms with Crippen LogP contribution in [0.2, 0.25) is 0 Å². The van der Waals surface area contributed by atoms with Crippen LogP contribution in [0, 0.1) is 11.3 Å². The molecule has 1 fully saturated rings. The first kappa shape index (κ1) is 16.3. The van der Waals surface area contributed by atoms with E-state index in [2.05, 4.69) is 48.2 Å². The van der Waals surface area contributed by atoms with Crippen LogP contribution in [-0.2, 0) is 6.42 Å². The summed E-state index contributed by atoms with van der Waals surface area (Å²) >= 11 is 1.49. The maximum atomic E-state index is 8.98. The number of benzene rings is 1. The maximum absolute atomic E-state index is 8.98. The highest BCUT2D eigenvalue weighted by Crippen LogP contribution is 2.28. The number of nitrogens with zero attached hydrogens (tertiary/aromatic N) is 3. The van der Waals surface area contributed by atoms with E-state index in [4.69, 9.17) is 10.2 Å². The summed E-state index contributed by atoms with van der Waals surface area (Å²) < 4.78 is 0. The Morgan fingerprint density at radius 2 is 2.16 bits per heavy atom. The number of aromatic nitrogens is 1. The van der Waals surface area contributed by atoms with Gasteiger partial charge in [-0.15, -0.1) is 11.3 Å². The predicted molar refractivity (Wildman–Crippen MR) is 104 cm³/mol. The van der Waals surface area contributed by atoms with Crippen LogP contribution >= 0.6 is 11.3 Å². The molecule has 2 aromatic heterocycles. The smallest absolute Gasteiger partial charge is 0.110 e. The van der Waals surface area contributed by atoms with Crippen molar-refractivity contribution in [2.24, 2.45) is 0 Å². The van der Waals surface area contributed by atoms with Crippen molar-refractivity contribution in [1.29, 1.82) is 5.26 Å². The van der Waals surface area contributed by atoms with Crippen molar-refractivity contribution < 1.29 is 0 Å². The number of likely N-dealkylation sites (tertiary alicyclic amines) is 1. The molecule has 4 heteroatoms. The number of nitriles is 1. The van der Waals surface area contributed by atoms with Gasteiger partial charge in [-0.05, 0) is 68.6 Å². The average molecular weight is 347 g/mol. The molecule has 0 spiro atoms. The Kier molecular flexibility index (Phi) is 4.52. The van der Waals surface area contributed by atoms with E-state index >= 15 is 0 Å². The van der Waals surface area contributed by atoms with Gasteiger partial charge >= 0.3 is 0 Å². The average Bonchev–Trinajstić information content (AvgIpc) is 3.28. The molecule has 126 valence electrons. The standard InChI is InChI=1S/C21H21N3S/c1-15-3-2-11-24(15)12-10-16-4-7-19-17(13-16)5-8-20(23-19)21-9-6-18(14-22)25-21/h4-9,13,15H,2-3,10-12H2,1H3/t15-/m0/s1. The first-order valence-corrected chi connectivity index (χ1v) is 9.68. The van der Waals surface area contributed by atoms with E-state index in [0.29, 0.717) is 0 Å². The van der Waals surface area contributed by atoms with Crippen molar-refractivity contribution in [3.05, 3.63) is 52.9 Å². The van der Waals surface area contributed by atoms with Crippen LogP contribution in [-0.4, -0.2) is 29.0 Å². The van der Waals surface area contributed by atoms with Crippen LogP contribution in [0.25, 0.3) is 21.5 Å². The van der Waals surface area contributed by atoms with E-state index < -0.39 is 0 Å². The largest absolute Gasteiger partial charge is 0.300 e. The molecule has 1 saturated heterocycles. The molecule has 0 aliphatic carbocycles. The molecule has 4 rings (SSSR count). The predicted octanol–water partition coefficient (Wildman–Crippen LogP) is 4.86. The fourth-order valence-electron chi connectivity index (χ4n) is 3.60. The molecule has 3 heterocycles. The minimum absolute atomic E-state index is 0.725. The van der Waals surface area contributed by atoms with E-state index in [1.807, 2.05) is 12.1 Å². The number of fused-ring (bicyclic) bond motifs is 1. The molecule has 0 radical (unpaired) electrons. The van der Waals surface area contributed by atoms with Crippen LogP contribution in [0.3, 0.4) is 0 Å². The second kappa shape index (κ2) is 6.95. The molecule has 0 saturated carbocycles. The molecule has 1 aliphatic heterocycles. The molecule has 0 unspecified atom stereocenters. The van der Waals surface area contributed by atoms with Crippen LogP contribution in [0.5, 0.6) is 0 Å². The van der Waals surface area contributed by atoms with Crippen molar-refractivity contribution >= 4 is 22.2 Å². The SMILES string of the molecule is C[C@H]1CCCN1CCc1ccc2nc(-c3ccc(C#N)s3)ccc2c1. The monoisotopic (exact) mass is 347 g/mol. The lowest BCUT2D eigenvalue weighted by Crippen LogP contribution is -2.28. The fraction of sp³-hybridized carbons (Fsp3) is 0.333. The maximum Gasteiger partial charge on any atom is 0.110 e. The van der Waals surface area contributed by atoms with Gasteiger partial charge in [0.05, 0.1) is 16.1 Å². The van der Waals surface area contributed by atoms with Gasteiger partial charge in [-0.25, -0.2) is 4.98 Å². The summed E-state index contributed by atoms with van der Waals surface area (Å²) in [6.07, 6.45) is 3.76. The van der Waals surface area contributed by atoms with Gasteiger partial charge in [0.25, 0.3) is 0 Å². The van der Waals surface area contributed by atoms with Gasteiger partial charge in [0, 0.05) is 18.0 Å². The van der Waals surface area contributed by atoms with Gasteiger partial charge in [-0.3, -0.25) is 0 Å². The molecule has 1 aromatic carbocycles. The number of pyridine rings is 1. The van der Waals surface area contributed by atoms with Crippen molar-refractivity contribution in [3.8, 4) is 16.6 Å². The van der Waals surface area contributed by atoms with Crippen molar-refractivity contribution in [2.45, 2.75) is 32.2 Å². The molecule has 0 bridgehead atoms. The minimum atomic E-state index is 0.725. The topological polar surface area (TPSA) is 39.9 Å². The minimum Gasteiger partial charge on any atom is -0.300 e. The van der Waals surface area contributed by atoms with E-state index in [1.54, 1.807) is 0 Å². The van der Waals surface area contributed by atoms with Crippen LogP contribution in [0.4, 0.5) is 0 Å². The first-order chi connectivity index (χ1) is 12.2. The lowest BCUT2D eigenvalue weighted by Gasteiger charge is -2.20. The van der Waals surface area contributed by atoms with Gasteiger partial charge in [-0.2, -0.15) is 5.26 Å². The zero-order valence-corrected chi connectivity index (χ0v) is 15.2. The third-order valence-electron chi connectivity index (χ3n) is 5.10. The molecule has 1 atom stereocenters.